The summed E-state index contributed by atoms with van der Waals surface area (Å²) in [6.45, 7) is 0. The second kappa shape index (κ2) is 5.65. The van der Waals surface area contributed by atoms with Crippen molar-refractivity contribution in [3.8, 4) is 28.5 Å². The standard InChI is InChI=1S/C15H12ClFN4O/c1-22-13-7-12(18)10(16)6-9(13)15-19-14(20-21-15)8-4-2-3-5-11(8)17/h2-7H,18H2,1H3,(H,19,20,21). The van der Waals surface area contributed by atoms with E-state index in [1.54, 1.807) is 30.3 Å². The van der Waals surface area contributed by atoms with Crippen molar-refractivity contribution in [3.63, 3.8) is 0 Å². The number of nitrogens with zero attached hydrogens (tertiary/aromatic N) is 2. The van der Waals surface area contributed by atoms with Gasteiger partial charge in [-0.25, -0.2) is 9.37 Å². The molecule has 22 heavy (non-hydrogen) atoms. The molecule has 0 unspecified atom stereocenters. The first kappa shape index (κ1) is 14.3. The highest BCUT2D eigenvalue weighted by Gasteiger charge is 2.16. The van der Waals surface area contributed by atoms with Crippen LogP contribution in [0.25, 0.3) is 22.8 Å². The lowest BCUT2D eigenvalue weighted by Crippen LogP contribution is -1.94. The fourth-order valence-electron chi connectivity index (χ4n) is 2.07. The summed E-state index contributed by atoms with van der Waals surface area (Å²) in [5, 5.41) is 7.19. The number of methoxy groups -OCH3 is 1. The third-order valence-electron chi connectivity index (χ3n) is 3.17. The third-order valence-corrected chi connectivity index (χ3v) is 3.50. The summed E-state index contributed by atoms with van der Waals surface area (Å²) >= 11 is 6.04. The Bertz CT molecular complexity index is 834. The summed E-state index contributed by atoms with van der Waals surface area (Å²) < 4.78 is 19.1. The van der Waals surface area contributed by atoms with E-state index >= 15 is 0 Å². The van der Waals surface area contributed by atoms with Crippen LogP contribution in [0.1, 0.15) is 0 Å². The van der Waals surface area contributed by atoms with Crippen molar-refractivity contribution in [1.29, 1.82) is 0 Å². The first-order valence-corrected chi connectivity index (χ1v) is 6.78. The predicted octanol–water partition coefficient (Wildman–Crippen LogP) is 3.52. The molecule has 2 aromatic carbocycles. The molecule has 0 amide bonds. The average molecular weight is 319 g/mol. The van der Waals surface area contributed by atoms with E-state index in [0.717, 1.165) is 0 Å². The summed E-state index contributed by atoms with van der Waals surface area (Å²) in [4.78, 5) is 4.30. The lowest BCUT2D eigenvalue weighted by Gasteiger charge is -2.07. The number of nitrogens with two attached hydrogens (primary N) is 1. The summed E-state index contributed by atoms with van der Waals surface area (Å²) in [6.07, 6.45) is 0. The van der Waals surface area contributed by atoms with Crippen LogP contribution in [0.15, 0.2) is 36.4 Å². The molecule has 3 N–H and O–H groups in total. The van der Waals surface area contributed by atoms with Crippen LogP contribution in [0.3, 0.4) is 0 Å². The number of aromatic amines is 1. The van der Waals surface area contributed by atoms with E-state index in [-0.39, 0.29) is 5.82 Å². The monoisotopic (exact) mass is 318 g/mol. The van der Waals surface area contributed by atoms with Crippen LogP contribution < -0.4 is 10.5 Å². The second-order valence-corrected chi connectivity index (χ2v) is 4.97. The molecule has 7 heteroatoms. The van der Waals surface area contributed by atoms with E-state index < -0.39 is 0 Å². The number of nitrogens with one attached hydrogen (secondary N) is 1. The number of aromatic nitrogens is 3. The van der Waals surface area contributed by atoms with Crippen LogP contribution in [0.5, 0.6) is 5.75 Å². The maximum Gasteiger partial charge on any atom is 0.185 e. The smallest absolute Gasteiger partial charge is 0.185 e. The zero-order valence-electron chi connectivity index (χ0n) is 11.6. The van der Waals surface area contributed by atoms with Crippen molar-refractivity contribution in [2.24, 2.45) is 0 Å². The Balaban J connectivity index is 2.08. The molecule has 1 aromatic heterocycles. The predicted molar refractivity (Wildman–Crippen MR) is 83.2 cm³/mol. The van der Waals surface area contributed by atoms with Gasteiger partial charge in [0.05, 0.1) is 28.9 Å². The normalized spacial score (nSPS) is 10.7. The van der Waals surface area contributed by atoms with E-state index in [1.165, 1.54) is 13.2 Å². The van der Waals surface area contributed by atoms with Crippen molar-refractivity contribution in [2.45, 2.75) is 0 Å². The van der Waals surface area contributed by atoms with Crippen LogP contribution in [-0.4, -0.2) is 22.3 Å². The Morgan fingerprint density at radius 2 is 2.00 bits per heavy atom. The van der Waals surface area contributed by atoms with Crippen molar-refractivity contribution in [2.75, 3.05) is 12.8 Å². The molecule has 0 radical (unpaired) electrons. The molecule has 0 aliphatic heterocycles. The number of halogens is 2. The lowest BCUT2D eigenvalue weighted by atomic mass is 10.1. The molecule has 0 fully saturated rings. The quantitative estimate of drug-likeness (QED) is 0.724. The SMILES string of the molecule is COc1cc(N)c(Cl)cc1-c1n[nH]c(-c2ccccc2F)n1. The van der Waals surface area contributed by atoms with E-state index in [9.17, 15) is 4.39 Å². The molecule has 5 nitrogen and oxygen atoms in total. The van der Waals surface area contributed by atoms with E-state index in [0.29, 0.717) is 39.2 Å². The molecule has 0 saturated heterocycles. The molecule has 3 rings (SSSR count). The Kier molecular flexibility index (Phi) is 3.68. The Morgan fingerprint density at radius 3 is 2.73 bits per heavy atom. The molecule has 0 atom stereocenters. The molecular formula is C15H12ClFN4O. The fourth-order valence-corrected chi connectivity index (χ4v) is 2.23. The van der Waals surface area contributed by atoms with Crippen molar-refractivity contribution in [3.05, 3.63) is 47.2 Å². The van der Waals surface area contributed by atoms with Crippen LogP contribution in [0.4, 0.5) is 10.1 Å². The zero-order chi connectivity index (χ0) is 15.7. The molecule has 0 spiro atoms. The molecule has 0 bridgehead atoms. The van der Waals surface area contributed by atoms with Gasteiger partial charge in [0.1, 0.15) is 11.6 Å². The molecule has 0 aliphatic carbocycles. The van der Waals surface area contributed by atoms with Crippen LogP contribution in [-0.2, 0) is 0 Å². The number of nitrogen functional groups attached to an aromatic ring is 1. The first-order chi connectivity index (χ1) is 10.6. The second-order valence-electron chi connectivity index (χ2n) is 4.56. The number of hydrogen-bond donors (Lipinski definition) is 2. The first-order valence-electron chi connectivity index (χ1n) is 6.41. The molecule has 0 aliphatic rings. The van der Waals surface area contributed by atoms with E-state index in [4.69, 9.17) is 22.1 Å². The van der Waals surface area contributed by atoms with Gasteiger partial charge in [-0.3, -0.25) is 5.10 Å². The minimum atomic E-state index is -0.382. The maximum absolute atomic E-state index is 13.8. The van der Waals surface area contributed by atoms with Crippen LogP contribution in [0, 0.1) is 5.82 Å². The molecular weight excluding hydrogens is 307 g/mol. The number of ether oxygens (including phenoxy) is 1. The maximum atomic E-state index is 13.8. The Labute approximate surface area is 130 Å². The van der Waals surface area contributed by atoms with Gasteiger partial charge < -0.3 is 10.5 Å². The number of benzene rings is 2. The molecule has 1 heterocycles. The average Bonchev–Trinajstić information content (AvgIpc) is 2.99. The summed E-state index contributed by atoms with van der Waals surface area (Å²) in [7, 11) is 1.51. The van der Waals surface area contributed by atoms with E-state index in [1.807, 2.05) is 0 Å². The summed E-state index contributed by atoms with van der Waals surface area (Å²) in [5.41, 5.74) is 7.05. The van der Waals surface area contributed by atoms with Crippen molar-refractivity contribution >= 4 is 17.3 Å². The van der Waals surface area contributed by atoms with Gasteiger partial charge in [0.15, 0.2) is 11.6 Å². The summed E-state index contributed by atoms with van der Waals surface area (Å²) in [6, 6.07) is 9.52. The van der Waals surface area contributed by atoms with Gasteiger partial charge in [0.25, 0.3) is 0 Å². The highest BCUT2D eigenvalue weighted by molar-refractivity contribution is 6.33. The van der Waals surface area contributed by atoms with Gasteiger partial charge in [-0.2, -0.15) is 5.10 Å². The van der Waals surface area contributed by atoms with Gasteiger partial charge in [0.2, 0.25) is 0 Å². The van der Waals surface area contributed by atoms with Gasteiger partial charge in [-0.05, 0) is 18.2 Å². The minimum Gasteiger partial charge on any atom is -0.496 e. The van der Waals surface area contributed by atoms with Gasteiger partial charge in [-0.15, -0.1) is 0 Å². The molecule has 0 saturated carbocycles. The zero-order valence-corrected chi connectivity index (χ0v) is 12.4. The van der Waals surface area contributed by atoms with Gasteiger partial charge in [-0.1, -0.05) is 23.7 Å². The fraction of sp³-hybridized carbons (Fsp3) is 0.0667. The number of hydrogen-bond acceptors (Lipinski definition) is 4. The van der Waals surface area contributed by atoms with Gasteiger partial charge >= 0.3 is 0 Å². The minimum absolute atomic E-state index is 0.322. The highest BCUT2D eigenvalue weighted by Crippen LogP contribution is 2.35. The number of anilines is 1. The lowest BCUT2D eigenvalue weighted by molar-refractivity contribution is 0.416. The largest absolute Gasteiger partial charge is 0.496 e. The van der Waals surface area contributed by atoms with Gasteiger partial charge in [0, 0.05) is 6.07 Å². The van der Waals surface area contributed by atoms with Crippen LogP contribution in [0.2, 0.25) is 5.02 Å². The van der Waals surface area contributed by atoms with Crippen LogP contribution >= 0.6 is 11.6 Å². The topological polar surface area (TPSA) is 76.8 Å². The summed E-state index contributed by atoms with van der Waals surface area (Å²) in [5.74, 6) is 0.772. The Morgan fingerprint density at radius 1 is 1.23 bits per heavy atom. The third kappa shape index (κ3) is 2.48. The molecule has 112 valence electrons. The van der Waals surface area contributed by atoms with Crippen molar-refractivity contribution < 1.29 is 9.13 Å². The molecule has 3 aromatic rings. The Hall–Kier alpha value is -2.60. The van der Waals surface area contributed by atoms with E-state index in [2.05, 4.69) is 15.2 Å². The highest BCUT2D eigenvalue weighted by atomic mass is 35.5. The van der Waals surface area contributed by atoms with Crippen molar-refractivity contribution in [1.82, 2.24) is 15.2 Å². The number of rotatable bonds is 3. The number of H-pyrrole nitrogens is 1.